The second-order valence-electron chi connectivity index (χ2n) is 3.58. The number of nitrogens with zero attached hydrogens (tertiary/aromatic N) is 3. The molecule has 0 aliphatic heterocycles. The Morgan fingerprint density at radius 2 is 2.37 bits per heavy atom. The van der Waals surface area contributed by atoms with Crippen molar-refractivity contribution in [2.75, 3.05) is 18.9 Å². The molecule has 8 nitrogen and oxygen atoms in total. The van der Waals surface area contributed by atoms with Gasteiger partial charge in [-0.25, -0.2) is 13.5 Å². The number of sulfonamides is 1. The summed E-state index contributed by atoms with van der Waals surface area (Å²) in [6, 6.07) is 3.13. The number of aromatic amines is 1. The first-order valence-corrected chi connectivity index (χ1v) is 7.47. The van der Waals surface area contributed by atoms with Crippen LogP contribution < -0.4 is 5.32 Å². The zero-order valence-electron chi connectivity index (χ0n) is 9.90. The molecule has 2 aromatic rings. The van der Waals surface area contributed by atoms with Crippen molar-refractivity contribution in [3.8, 4) is 0 Å². The number of amides is 1. The van der Waals surface area contributed by atoms with E-state index in [1.165, 1.54) is 19.4 Å². The van der Waals surface area contributed by atoms with Crippen LogP contribution in [0, 0.1) is 0 Å². The molecule has 0 aliphatic carbocycles. The Bertz CT molecular complexity index is 635. The summed E-state index contributed by atoms with van der Waals surface area (Å²) in [5.74, 6) is -0.327. The molecule has 0 bridgehead atoms. The molecule has 2 heterocycles. The molecule has 0 aromatic carbocycles. The highest BCUT2D eigenvalue weighted by Crippen LogP contribution is 2.19. The molecule has 10 heteroatoms. The zero-order valence-corrected chi connectivity index (χ0v) is 11.5. The van der Waals surface area contributed by atoms with Crippen LogP contribution in [-0.4, -0.2) is 47.4 Å². The van der Waals surface area contributed by atoms with Gasteiger partial charge in [0.2, 0.25) is 11.9 Å². The van der Waals surface area contributed by atoms with Gasteiger partial charge in [-0.2, -0.15) is 14.4 Å². The Labute approximate surface area is 113 Å². The maximum atomic E-state index is 12.1. The highest BCUT2D eigenvalue weighted by molar-refractivity contribution is 7.91. The van der Waals surface area contributed by atoms with E-state index in [1.54, 1.807) is 11.4 Å². The predicted octanol–water partition coefficient (Wildman–Crippen LogP) is 0.125. The molecule has 1 amide bonds. The molecule has 102 valence electrons. The first-order valence-electron chi connectivity index (χ1n) is 5.15. The monoisotopic (exact) mass is 301 g/mol. The van der Waals surface area contributed by atoms with E-state index in [4.69, 9.17) is 0 Å². The van der Waals surface area contributed by atoms with Gasteiger partial charge in [0.05, 0.1) is 6.54 Å². The molecule has 0 atom stereocenters. The Kier molecular flexibility index (Phi) is 3.93. The summed E-state index contributed by atoms with van der Waals surface area (Å²) in [6.07, 6.45) is 1.24. The fourth-order valence-electron chi connectivity index (χ4n) is 1.29. The highest BCUT2D eigenvalue weighted by atomic mass is 32.2. The van der Waals surface area contributed by atoms with Gasteiger partial charge >= 0.3 is 0 Å². The normalized spacial score (nSPS) is 11.7. The fraction of sp³-hybridized carbons (Fsp3) is 0.222. The van der Waals surface area contributed by atoms with Gasteiger partial charge in [0.25, 0.3) is 10.0 Å². The van der Waals surface area contributed by atoms with Crippen molar-refractivity contribution in [1.82, 2.24) is 19.5 Å². The summed E-state index contributed by atoms with van der Waals surface area (Å²) >= 11 is 1.10. The lowest BCUT2D eigenvalue weighted by molar-refractivity contribution is -0.116. The fourth-order valence-corrected chi connectivity index (χ4v) is 3.62. The highest BCUT2D eigenvalue weighted by Gasteiger charge is 2.23. The molecule has 0 saturated heterocycles. The van der Waals surface area contributed by atoms with Crippen LogP contribution in [0.5, 0.6) is 0 Å². The molecule has 2 aromatic heterocycles. The topological polar surface area (TPSA) is 108 Å². The lowest BCUT2D eigenvalue weighted by Crippen LogP contribution is -2.34. The largest absolute Gasteiger partial charge is 0.294 e. The number of rotatable bonds is 5. The van der Waals surface area contributed by atoms with Crippen LogP contribution >= 0.6 is 11.3 Å². The molecule has 0 radical (unpaired) electrons. The number of aromatic nitrogens is 3. The third kappa shape index (κ3) is 3.16. The third-order valence-corrected chi connectivity index (χ3v) is 5.38. The number of anilines is 1. The molecule has 2 rings (SSSR count). The van der Waals surface area contributed by atoms with Gasteiger partial charge in [-0.15, -0.1) is 11.3 Å². The Balaban J connectivity index is 2.01. The van der Waals surface area contributed by atoms with E-state index in [0.29, 0.717) is 0 Å². The van der Waals surface area contributed by atoms with Gasteiger partial charge in [-0.05, 0) is 11.4 Å². The van der Waals surface area contributed by atoms with Crippen LogP contribution in [-0.2, 0) is 14.8 Å². The molecular weight excluding hydrogens is 290 g/mol. The predicted molar refractivity (Wildman–Crippen MR) is 69.1 cm³/mol. The Morgan fingerprint density at radius 3 is 2.95 bits per heavy atom. The maximum absolute atomic E-state index is 12.1. The first kappa shape index (κ1) is 13.6. The Morgan fingerprint density at radius 1 is 1.58 bits per heavy atom. The minimum absolute atomic E-state index is 0.173. The van der Waals surface area contributed by atoms with Gasteiger partial charge in [-0.3, -0.25) is 10.1 Å². The first-order chi connectivity index (χ1) is 9.00. The standard InChI is InChI=1S/C9H11N5O3S2/c1-14(19(16,17)8-3-2-4-18-8)5-7(15)12-9-10-6-11-13-9/h2-4,6H,5H2,1H3,(H2,10,11,12,13,15). The van der Waals surface area contributed by atoms with Crippen molar-refractivity contribution in [3.05, 3.63) is 23.8 Å². The van der Waals surface area contributed by atoms with Crippen molar-refractivity contribution in [1.29, 1.82) is 0 Å². The van der Waals surface area contributed by atoms with E-state index in [2.05, 4.69) is 20.5 Å². The number of hydrogen-bond acceptors (Lipinski definition) is 6. The average molecular weight is 301 g/mol. The second kappa shape index (κ2) is 5.47. The summed E-state index contributed by atoms with van der Waals surface area (Å²) < 4.78 is 25.3. The summed E-state index contributed by atoms with van der Waals surface area (Å²) in [6.45, 7) is -0.305. The van der Waals surface area contributed by atoms with E-state index in [0.717, 1.165) is 15.6 Å². The number of carbonyl (C=O) groups excluding carboxylic acids is 1. The lowest BCUT2D eigenvalue weighted by atomic mass is 10.6. The summed E-state index contributed by atoms with van der Waals surface area (Å²) in [4.78, 5) is 15.3. The van der Waals surface area contributed by atoms with Crippen molar-refractivity contribution < 1.29 is 13.2 Å². The lowest BCUT2D eigenvalue weighted by Gasteiger charge is -2.14. The van der Waals surface area contributed by atoms with Crippen molar-refractivity contribution in [2.24, 2.45) is 0 Å². The van der Waals surface area contributed by atoms with Gasteiger partial charge in [0, 0.05) is 7.05 Å². The summed E-state index contributed by atoms with van der Waals surface area (Å²) in [5.41, 5.74) is 0. The Hall–Kier alpha value is -1.78. The van der Waals surface area contributed by atoms with Crippen molar-refractivity contribution >= 4 is 33.2 Å². The maximum Gasteiger partial charge on any atom is 0.252 e. The number of H-pyrrole nitrogens is 1. The molecule has 0 unspecified atom stereocenters. The van der Waals surface area contributed by atoms with Crippen molar-refractivity contribution in [2.45, 2.75) is 4.21 Å². The number of carbonyl (C=O) groups is 1. The number of likely N-dealkylation sites (N-methyl/N-ethyl adjacent to an activating group) is 1. The summed E-state index contributed by atoms with van der Waals surface area (Å²) in [5, 5.41) is 10.1. The molecular formula is C9H11N5O3S2. The molecule has 0 saturated carbocycles. The van der Waals surface area contributed by atoms with Gasteiger partial charge in [0.15, 0.2) is 0 Å². The minimum Gasteiger partial charge on any atom is -0.294 e. The van der Waals surface area contributed by atoms with E-state index in [1.807, 2.05) is 0 Å². The van der Waals surface area contributed by atoms with Gasteiger partial charge in [0.1, 0.15) is 10.5 Å². The third-order valence-electron chi connectivity index (χ3n) is 2.20. The second-order valence-corrected chi connectivity index (χ2v) is 6.79. The van der Waals surface area contributed by atoms with E-state index < -0.39 is 15.9 Å². The van der Waals surface area contributed by atoms with Crippen LogP contribution in [0.3, 0.4) is 0 Å². The van der Waals surface area contributed by atoms with Crippen LogP contribution in [0.15, 0.2) is 28.0 Å². The van der Waals surface area contributed by atoms with Gasteiger partial charge in [-0.1, -0.05) is 6.07 Å². The summed E-state index contributed by atoms with van der Waals surface area (Å²) in [7, 11) is -2.28. The van der Waals surface area contributed by atoms with E-state index in [-0.39, 0.29) is 16.7 Å². The smallest absolute Gasteiger partial charge is 0.252 e. The molecule has 2 N–H and O–H groups in total. The van der Waals surface area contributed by atoms with Crippen LogP contribution in [0.4, 0.5) is 5.95 Å². The minimum atomic E-state index is -3.62. The van der Waals surface area contributed by atoms with E-state index in [9.17, 15) is 13.2 Å². The molecule has 0 fully saturated rings. The molecule has 0 spiro atoms. The zero-order chi connectivity index (χ0) is 13.9. The quantitative estimate of drug-likeness (QED) is 0.816. The molecule has 19 heavy (non-hydrogen) atoms. The number of hydrogen-bond donors (Lipinski definition) is 2. The average Bonchev–Trinajstić information content (AvgIpc) is 3.00. The van der Waals surface area contributed by atoms with Gasteiger partial charge < -0.3 is 0 Å². The SMILES string of the molecule is CN(CC(=O)Nc1ncn[nH]1)S(=O)(=O)c1cccs1. The van der Waals surface area contributed by atoms with Crippen LogP contribution in [0.2, 0.25) is 0 Å². The molecule has 0 aliphatic rings. The number of thiophene rings is 1. The van der Waals surface area contributed by atoms with Crippen LogP contribution in [0.1, 0.15) is 0 Å². The van der Waals surface area contributed by atoms with Crippen molar-refractivity contribution in [3.63, 3.8) is 0 Å². The van der Waals surface area contributed by atoms with E-state index >= 15 is 0 Å². The number of nitrogens with one attached hydrogen (secondary N) is 2. The van der Waals surface area contributed by atoms with Crippen LogP contribution in [0.25, 0.3) is 0 Å².